The third-order valence-corrected chi connectivity index (χ3v) is 4.49. The van der Waals surface area contributed by atoms with E-state index in [2.05, 4.69) is 6.07 Å². The number of fused-ring (bicyclic) bond motifs is 1. The van der Waals surface area contributed by atoms with Crippen molar-refractivity contribution in [1.29, 1.82) is 5.26 Å². The number of aryl methyl sites for hydroxylation is 1. The van der Waals surface area contributed by atoms with Crippen LogP contribution >= 0.6 is 0 Å². The maximum atomic E-state index is 11.3. The molecule has 1 aromatic carbocycles. The zero-order valence-corrected chi connectivity index (χ0v) is 13.4. The summed E-state index contributed by atoms with van der Waals surface area (Å²) in [7, 11) is 0. The quantitative estimate of drug-likeness (QED) is 0.823. The summed E-state index contributed by atoms with van der Waals surface area (Å²) in [4.78, 5) is 11.3. The number of anilines is 1. The Hall–Kier alpha value is -2.81. The molecule has 1 unspecified atom stereocenters. The van der Waals surface area contributed by atoms with Gasteiger partial charge in [-0.3, -0.25) is 9.48 Å². The second-order valence-electron chi connectivity index (χ2n) is 6.15. The molecule has 2 aromatic rings. The molecule has 6 heteroatoms. The van der Waals surface area contributed by atoms with Crippen molar-refractivity contribution in [1.82, 2.24) is 9.78 Å². The minimum absolute atomic E-state index is 0.0430. The summed E-state index contributed by atoms with van der Waals surface area (Å²) in [5, 5.41) is 22.8. The predicted molar refractivity (Wildman–Crippen MR) is 90.2 cm³/mol. The predicted octanol–water partition coefficient (Wildman–Crippen LogP) is 2.94. The zero-order valence-electron chi connectivity index (χ0n) is 13.4. The molecule has 1 aromatic heterocycles. The lowest BCUT2D eigenvalue weighted by Gasteiger charge is -2.23. The molecule has 0 spiro atoms. The molecule has 124 valence electrons. The Labute approximate surface area is 140 Å². The van der Waals surface area contributed by atoms with Gasteiger partial charge in [0.1, 0.15) is 0 Å². The van der Waals surface area contributed by atoms with Crippen LogP contribution in [0.4, 0.5) is 5.69 Å². The third kappa shape index (κ3) is 3.11. The third-order valence-electron chi connectivity index (χ3n) is 4.49. The van der Waals surface area contributed by atoms with Crippen LogP contribution in [0.3, 0.4) is 0 Å². The van der Waals surface area contributed by atoms with Crippen LogP contribution < -0.4 is 5.73 Å². The van der Waals surface area contributed by atoms with E-state index in [1.165, 1.54) is 0 Å². The molecule has 3 rings (SSSR count). The van der Waals surface area contributed by atoms with Crippen molar-refractivity contribution >= 4 is 11.7 Å². The van der Waals surface area contributed by atoms with E-state index < -0.39 is 5.97 Å². The van der Waals surface area contributed by atoms with Crippen LogP contribution in [0.5, 0.6) is 0 Å². The molecule has 1 atom stereocenters. The molecule has 3 N–H and O–H groups in total. The average Bonchev–Trinajstić information content (AvgIpc) is 2.92. The number of carboxylic acid groups (broad SMARTS) is 1. The Bertz CT molecular complexity index is 804. The van der Waals surface area contributed by atoms with Crippen LogP contribution in [0.2, 0.25) is 0 Å². The number of aromatic nitrogens is 2. The first kappa shape index (κ1) is 16.1. The lowest BCUT2D eigenvalue weighted by molar-refractivity contribution is -0.137. The number of carboxylic acids is 1. The SMILES string of the molecule is N#CCCn1nc(-c2cccc(N)c2)c2c1CCCC2CC(=O)O. The highest BCUT2D eigenvalue weighted by atomic mass is 16.4. The van der Waals surface area contributed by atoms with Crippen LogP contribution in [0, 0.1) is 11.3 Å². The molecule has 0 fully saturated rings. The monoisotopic (exact) mass is 324 g/mol. The number of nitrogen functional groups attached to an aromatic ring is 1. The van der Waals surface area contributed by atoms with Gasteiger partial charge in [-0.1, -0.05) is 12.1 Å². The minimum atomic E-state index is -0.795. The lowest BCUT2D eigenvalue weighted by Crippen LogP contribution is -2.15. The van der Waals surface area contributed by atoms with E-state index in [1.54, 1.807) is 0 Å². The van der Waals surface area contributed by atoms with Crippen molar-refractivity contribution in [3.8, 4) is 17.3 Å². The summed E-state index contributed by atoms with van der Waals surface area (Å²) >= 11 is 0. The van der Waals surface area contributed by atoms with Gasteiger partial charge >= 0.3 is 5.97 Å². The van der Waals surface area contributed by atoms with E-state index in [0.717, 1.165) is 41.8 Å². The van der Waals surface area contributed by atoms with Crippen molar-refractivity contribution in [3.63, 3.8) is 0 Å². The number of aliphatic carboxylic acids is 1. The van der Waals surface area contributed by atoms with Crippen molar-refractivity contribution in [2.45, 2.75) is 44.6 Å². The molecule has 0 radical (unpaired) electrons. The van der Waals surface area contributed by atoms with Gasteiger partial charge in [0.15, 0.2) is 0 Å². The van der Waals surface area contributed by atoms with E-state index in [-0.39, 0.29) is 12.3 Å². The number of nitrogens with zero attached hydrogens (tertiary/aromatic N) is 3. The fraction of sp³-hybridized carbons (Fsp3) is 0.389. The molecule has 24 heavy (non-hydrogen) atoms. The van der Waals surface area contributed by atoms with Gasteiger partial charge < -0.3 is 10.8 Å². The summed E-state index contributed by atoms with van der Waals surface area (Å²) in [5.74, 6) is -0.838. The first-order valence-corrected chi connectivity index (χ1v) is 8.14. The number of nitriles is 1. The van der Waals surface area contributed by atoms with Gasteiger partial charge in [0.2, 0.25) is 0 Å². The van der Waals surface area contributed by atoms with Crippen molar-refractivity contribution in [2.75, 3.05) is 5.73 Å². The maximum absolute atomic E-state index is 11.3. The van der Waals surface area contributed by atoms with Gasteiger partial charge in [-0.25, -0.2) is 0 Å². The molecule has 0 aliphatic heterocycles. The van der Waals surface area contributed by atoms with E-state index in [4.69, 9.17) is 16.1 Å². The molecule has 1 aliphatic rings. The van der Waals surface area contributed by atoms with Crippen LogP contribution in [0.1, 0.15) is 42.9 Å². The first-order chi connectivity index (χ1) is 11.6. The number of rotatable bonds is 5. The van der Waals surface area contributed by atoms with Crippen LogP contribution in [0.15, 0.2) is 24.3 Å². The molecule has 0 amide bonds. The fourth-order valence-corrected chi connectivity index (χ4v) is 3.52. The summed E-state index contributed by atoms with van der Waals surface area (Å²) < 4.78 is 1.88. The Morgan fingerprint density at radius 1 is 1.50 bits per heavy atom. The van der Waals surface area contributed by atoms with Gasteiger partial charge in [0.05, 0.1) is 31.1 Å². The number of benzene rings is 1. The summed E-state index contributed by atoms with van der Waals surface area (Å²) in [6.45, 7) is 0.529. The zero-order chi connectivity index (χ0) is 17.1. The topological polar surface area (TPSA) is 105 Å². The minimum Gasteiger partial charge on any atom is -0.481 e. The molecule has 1 aliphatic carbocycles. The second-order valence-corrected chi connectivity index (χ2v) is 6.15. The van der Waals surface area contributed by atoms with Gasteiger partial charge in [-0.2, -0.15) is 10.4 Å². The van der Waals surface area contributed by atoms with Crippen molar-refractivity contribution < 1.29 is 9.90 Å². The summed E-state index contributed by atoms with van der Waals surface area (Å²) in [6, 6.07) is 9.65. The Morgan fingerprint density at radius 2 is 2.33 bits per heavy atom. The van der Waals surface area contributed by atoms with Crippen molar-refractivity contribution in [2.24, 2.45) is 0 Å². The molecular formula is C18H20N4O2. The number of nitrogens with two attached hydrogens (primary N) is 1. The molecule has 0 bridgehead atoms. The molecule has 6 nitrogen and oxygen atoms in total. The highest BCUT2D eigenvalue weighted by Crippen LogP contribution is 2.40. The molecule has 1 heterocycles. The second kappa shape index (κ2) is 6.75. The van der Waals surface area contributed by atoms with E-state index in [9.17, 15) is 9.90 Å². The van der Waals surface area contributed by atoms with Crippen molar-refractivity contribution in [3.05, 3.63) is 35.5 Å². The molecule has 0 saturated heterocycles. The number of carbonyl (C=O) groups is 1. The standard InChI is InChI=1S/C18H20N4O2/c19-8-3-9-22-15-7-2-4-12(11-16(23)24)17(15)18(21-22)13-5-1-6-14(20)10-13/h1,5-6,10,12H,2-4,7,9,11,20H2,(H,23,24). The van der Waals surface area contributed by atoms with Crippen LogP contribution in [-0.4, -0.2) is 20.9 Å². The smallest absolute Gasteiger partial charge is 0.303 e. The van der Waals surface area contributed by atoms with Gasteiger partial charge in [0, 0.05) is 22.5 Å². The van der Waals surface area contributed by atoms with E-state index in [1.807, 2.05) is 28.9 Å². The Balaban J connectivity index is 2.12. The first-order valence-electron chi connectivity index (χ1n) is 8.14. The average molecular weight is 324 g/mol. The lowest BCUT2D eigenvalue weighted by atomic mass is 9.82. The van der Waals surface area contributed by atoms with Gasteiger partial charge in [-0.15, -0.1) is 0 Å². The van der Waals surface area contributed by atoms with Gasteiger partial charge in [0.25, 0.3) is 0 Å². The largest absolute Gasteiger partial charge is 0.481 e. The highest BCUT2D eigenvalue weighted by Gasteiger charge is 2.30. The highest BCUT2D eigenvalue weighted by molar-refractivity contribution is 5.72. The normalized spacial score (nSPS) is 16.4. The van der Waals surface area contributed by atoms with Crippen LogP contribution in [0.25, 0.3) is 11.3 Å². The van der Waals surface area contributed by atoms with Gasteiger partial charge in [-0.05, 0) is 37.3 Å². The number of hydrogen-bond donors (Lipinski definition) is 2. The summed E-state index contributed by atoms with van der Waals surface area (Å²) in [6.07, 6.45) is 3.14. The molecular weight excluding hydrogens is 304 g/mol. The Morgan fingerprint density at radius 3 is 3.04 bits per heavy atom. The molecule has 0 saturated carbocycles. The number of hydrogen-bond acceptors (Lipinski definition) is 4. The van der Waals surface area contributed by atoms with E-state index >= 15 is 0 Å². The maximum Gasteiger partial charge on any atom is 0.303 e. The Kier molecular flexibility index (Phi) is 4.52. The fourth-order valence-electron chi connectivity index (χ4n) is 3.52. The van der Waals surface area contributed by atoms with Crippen LogP contribution in [-0.2, 0) is 17.8 Å². The summed E-state index contributed by atoms with van der Waals surface area (Å²) in [5.41, 5.74) is 10.4. The van der Waals surface area contributed by atoms with E-state index in [0.29, 0.717) is 18.7 Å².